The first-order valence-corrected chi connectivity index (χ1v) is 22.5. The Hall–Kier alpha value is -6.56. The number of thiazole rings is 2. The Morgan fingerprint density at radius 1 is 0.597 bits per heavy atom. The average Bonchev–Trinajstić information content (AvgIpc) is 3.84. The Balaban J connectivity index is 0.000000232. The van der Waals surface area contributed by atoms with Crippen LogP contribution in [0.15, 0.2) is 118 Å². The minimum atomic E-state index is -3.85. The van der Waals surface area contributed by atoms with Crippen LogP contribution >= 0.6 is 22.7 Å². The standard InChI is InChI=1S/2C18H18N4O3S2.C4H4O4/c2*1-12-17(27(19,24)25)26-18(21-12)22(2)16(23)11-13-6-8-14(9-7-13)15-5-3-4-10-20-15;5-3(6)1-2-4(7)8/h2*3-10H,11H2,1-2H3,(H2,19,24,25);1-2H,(H,5,6)(H,7,8)/b;;2-1-. The number of sulfonamides is 2. The molecule has 18 nitrogen and oxygen atoms in total. The van der Waals surface area contributed by atoms with Gasteiger partial charge in [0.1, 0.15) is 0 Å². The summed E-state index contributed by atoms with van der Waals surface area (Å²) in [5.74, 6) is -2.91. The number of hydrogen-bond donors (Lipinski definition) is 4. The van der Waals surface area contributed by atoms with Crippen molar-refractivity contribution in [3.63, 3.8) is 0 Å². The molecule has 4 aromatic heterocycles. The number of carboxylic acids is 2. The summed E-state index contributed by atoms with van der Waals surface area (Å²) in [5.41, 5.74) is 5.91. The number of aliphatic carboxylic acids is 2. The zero-order chi connectivity index (χ0) is 45.8. The zero-order valence-electron chi connectivity index (χ0n) is 33.4. The van der Waals surface area contributed by atoms with E-state index in [0.29, 0.717) is 22.4 Å². The monoisotopic (exact) mass is 920 g/mol. The van der Waals surface area contributed by atoms with Crippen LogP contribution in [0.2, 0.25) is 0 Å². The summed E-state index contributed by atoms with van der Waals surface area (Å²) in [5, 5.41) is 26.6. The third-order valence-corrected chi connectivity index (χ3v) is 13.8. The quantitative estimate of drug-likeness (QED) is 0.124. The minimum absolute atomic E-state index is 0.0307. The Morgan fingerprint density at radius 2 is 0.935 bits per heavy atom. The normalized spacial score (nSPS) is 11.1. The lowest BCUT2D eigenvalue weighted by Gasteiger charge is -2.13. The molecule has 0 bridgehead atoms. The van der Waals surface area contributed by atoms with Gasteiger partial charge in [0.15, 0.2) is 18.7 Å². The van der Waals surface area contributed by atoms with Gasteiger partial charge in [-0.1, -0.05) is 83.3 Å². The number of benzene rings is 2. The summed E-state index contributed by atoms with van der Waals surface area (Å²) in [7, 11) is -4.57. The second-order valence-electron chi connectivity index (χ2n) is 12.9. The molecule has 0 saturated carbocycles. The summed E-state index contributed by atoms with van der Waals surface area (Å²) in [6.07, 6.45) is 4.91. The van der Waals surface area contributed by atoms with Crippen LogP contribution in [0, 0.1) is 13.8 Å². The fourth-order valence-electron chi connectivity index (χ4n) is 5.15. The molecule has 0 atom stereocenters. The number of nitrogens with zero attached hydrogens (tertiary/aromatic N) is 6. The van der Waals surface area contributed by atoms with Gasteiger partial charge in [-0.05, 0) is 49.2 Å². The van der Waals surface area contributed by atoms with Gasteiger partial charge in [-0.25, -0.2) is 46.7 Å². The van der Waals surface area contributed by atoms with Crippen LogP contribution in [0.5, 0.6) is 0 Å². The molecule has 324 valence electrons. The van der Waals surface area contributed by atoms with Gasteiger partial charge in [0.05, 0.1) is 35.6 Å². The van der Waals surface area contributed by atoms with Crippen molar-refractivity contribution in [3.8, 4) is 22.5 Å². The van der Waals surface area contributed by atoms with E-state index >= 15 is 0 Å². The van der Waals surface area contributed by atoms with Crippen molar-refractivity contribution in [2.75, 3.05) is 23.9 Å². The highest BCUT2D eigenvalue weighted by Crippen LogP contribution is 2.30. The van der Waals surface area contributed by atoms with Gasteiger partial charge >= 0.3 is 11.9 Å². The zero-order valence-corrected chi connectivity index (χ0v) is 36.7. The molecule has 0 saturated heterocycles. The van der Waals surface area contributed by atoms with E-state index in [1.54, 1.807) is 40.3 Å². The van der Waals surface area contributed by atoms with Gasteiger partial charge in [0, 0.05) is 49.8 Å². The van der Waals surface area contributed by atoms with E-state index in [1.165, 1.54) is 9.80 Å². The number of carboxylic acid groups (broad SMARTS) is 2. The number of aryl methyl sites for hydroxylation is 2. The lowest BCUT2D eigenvalue weighted by atomic mass is 10.1. The molecule has 0 spiro atoms. The van der Waals surface area contributed by atoms with Gasteiger partial charge in [0.2, 0.25) is 31.9 Å². The number of carbonyl (C=O) groups excluding carboxylic acids is 2. The molecule has 6 aromatic rings. The van der Waals surface area contributed by atoms with E-state index < -0.39 is 32.0 Å². The molecule has 0 fully saturated rings. The van der Waals surface area contributed by atoms with Gasteiger partial charge in [0.25, 0.3) is 0 Å². The third-order valence-electron chi connectivity index (χ3n) is 8.23. The summed E-state index contributed by atoms with van der Waals surface area (Å²) >= 11 is 1.77. The maximum absolute atomic E-state index is 12.5. The molecular weight excluding hydrogens is 881 g/mol. The maximum Gasteiger partial charge on any atom is 0.328 e. The summed E-state index contributed by atoms with van der Waals surface area (Å²) in [6.45, 7) is 3.10. The second-order valence-corrected chi connectivity index (χ2v) is 18.4. The second kappa shape index (κ2) is 21.3. The molecule has 22 heteroatoms. The van der Waals surface area contributed by atoms with E-state index in [1.807, 2.05) is 84.9 Å². The SMILES string of the molecule is Cc1nc(N(C)C(=O)Cc2ccc(-c3ccccn3)cc2)sc1S(N)(=O)=O.Cc1nc(N(C)C(=O)Cc2ccc(-c3ccccn3)cc2)sc1S(N)(=O)=O.O=C(O)/C=C\C(=O)O. The molecule has 0 aliphatic carbocycles. The number of anilines is 2. The van der Waals surface area contributed by atoms with Crippen LogP contribution in [0.25, 0.3) is 22.5 Å². The number of carbonyl (C=O) groups is 4. The fourth-order valence-corrected chi connectivity index (χ4v) is 9.00. The number of hydrogen-bond acceptors (Lipinski definition) is 14. The molecule has 0 aliphatic heterocycles. The van der Waals surface area contributed by atoms with Crippen LogP contribution < -0.4 is 20.1 Å². The van der Waals surface area contributed by atoms with Crippen LogP contribution in [-0.4, -0.2) is 84.8 Å². The molecule has 0 unspecified atom stereocenters. The largest absolute Gasteiger partial charge is 0.478 e. The Bertz CT molecular complexity index is 2590. The first kappa shape index (κ1) is 48.1. The van der Waals surface area contributed by atoms with E-state index in [0.717, 1.165) is 56.3 Å². The van der Waals surface area contributed by atoms with Crippen LogP contribution in [0.4, 0.5) is 10.3 Å². The van der Waals surface area contributed by atoms with Crippen molar-refractivity contribution < 1.29 is 46.2 Å². The molecule has 0 radical (unpaired) electrons. The Labute approximate surface area is 365 Å². The van der Waals surface area contributed by atoms with Gasteiger partial charge in [-0.15, -0.1) is 0 Å². The maximum atomic E-state index is 12.5. The Morgan fingerprint density at radius 3 is 1.19 bits per heavy atom. The predicted molar refractivity (Wildman–Crippen MR) is 234 cm³/mol. The highest BCUT2D eigenvalue weighted by atomic mass is 32.3. The molecule has 4 heterocycles. The van der Waals surface area contributed by atoms with E-state index in [9.17, 15) is 36.0 Å². The first-order chi connectivity index (χ1) is 29.1. The van der Waals surface area contributed by atoms with Gasteiger partial charge in [-0.2, -0.15) is 0 Å². The van der Waals surface area contributed by atoms with E-state index in [-0.39, 0.29) is 44.5 Å². The number of aromatic nitrogens is 4. The highest BCUT2D eigenvalue weighted by molar-refractivity contribution is 7.91. The lowest BCUT2D eigenvalue weighted by Crippen LogP contribution is -2.27. The van der Waals surface area contributed by atoms with Gasteiger partial charge < -0.3 is 10.2 Å². The number of amides is 2. The van der Waals surface area contributed by atoms with Crippen LogP contribution in [0.3, 0.4) is 0 Å². The average molecular weight is 921 g/mol. The van der Waals surface area contributed by atoms with Crippen LogP contribution in [0.1, 0.15) is 22.5 Å². The topological polar surface area (TPSA) is 287 Å². The molecule has 6 rings (SSSR count). The van der Waals surface area contributed by atoms with Crippen molar-refractivity contribution >= 4 is 76.7 Å². The van der Waals surface area contributed by atoms with Crippen molar-refractivity contribution in [1.82, 2.24) is 19.9 Å². The molecule has 62 heavy (non-hydrogen) atoms. The highest BCUT2D eigenvalue weighted by Gasteiger charge is 2.24. The molecule has 6 N–H and O–H groups in total. The smallest absolute Gasteiger partial charge is 0.328 e. The number of pyridine rings is 2. The minimum Gasteiger partial charge on any atom is -0.478 e. The number of rotatable bonds is 12. The molecule has 2 aromatic carbocycles. The molecular formula is C40H40N8O10S4. The number of nitrogens with two attached hydrogens (primary N) is 2. The molecule has 0 aliphatic rings. The number of primary sulfonamides is 2. The van der Waals surface area contributed by atoms with E-state index in [2.05, 4.69) is 19.9 Å². The third kappa shape index (κ3) is 14.0. The van der Waals surface area contributed by atoms with Crippen molar-refractivity contribution in [2.24, 2.45) is 10.3 Å². The lowest BCUT2D eigenvalue weighted by molar-refractivity contribution is -0.134. The predicted octanol–water partition coefficient (Wildman–Crippen LogP) is 4.44. The fraction of sp³-hybridized carbons (Fsp3) is 0.150. The van der Waals surface area contributed by atoms with Gasteiger partial charge in [-0.3, -0.25) is 29.4 Å². The van der Waals surface area contributed by atoms with Crippen molar-refractivity contribution in [1.29, 1.82) is 0 Å². The molecule has 2 amide bonds. The van der Waals surface area contributed by atoms with Crippen molar-refractivity contribution in [2.45, 2.75) is 35.1 Å². The summed E-state index contributed by atoms with van der Waals surface area (Å²) < 4.78 is 46.1. The van der Waals surface area contributed by atoms with E-state index in [4.69, 9.17) is 20.5 Å². The Kier molecular flexibility index (Phi) is 16.5. The number of likely N-dealkylation sites (N-methyl/N-ethyl adjacent to an activating group) is 2. The summed E-state index contributed by atoms with van der Waals surface area (Å²) in [6, 6.07) is 26.5. The van der Waals surface area contributed by atoms with Crippen molar-refractivity contribution in [3.05, 3.63) is 132 Å². The summed E-state index contributed by atoms with van der Waals surface area (Å²) in [4.78, 5) is 63.8. The van der Waals surface area contributed by atoms with Crippen LogP contribution in [-0.2, 0) is 52.1 Å². The first-order valence-electron chi connectivity index (χ1n) is 17.8.